The van der Waals surface area contributed by atoms with Crippen LogP contribution in [0.25, 0.3) is 20.9 Å². The van der Waals surface area contributed by atoms with Crippen LogP contribution >= 0.6 is 11.3 Å². The number of nitrogens with one attached hydrogen (secondary N) is 2. The topological polar surface area (TPSA) is 85.4 Å². The Morgan fingerprint density at radius 2 is 1.82 bits per heavy atom. The van der Waals surface area contributed by atoms with Gasteiger partial charge in [0.2, 0.25) is 6.79 Å². The number of ether oxygens (including phenoxy) is 2. The number of fused-ring (bicyclic) bond motifs is 2. The number of hydrogen-bond donors (Lipinski definition) is 2. The molecule has 5 rings (SSSR count). The number of anilines is 2. The van der Waals surface area contributed by atoms with Gasteiger partial charge in [-0.2, -0.15) is 0 Å². The van der Waals surface area contributed by atoms with Crippen LogP contribution in [0.4, 0.5) is 16.2 Å². The van der Waals surface area contributed by atoms with Crippen molar-refractivity contribution in [2.45, 2.75) is 0 Å². The first kappa shape index (κ1) is 16.5. The highest BCUT2D eigenvalue weighted by Gasteiger charge is 2.14. The molecule has 28 heavy (non-hydrogen) atoms. The van der Waals surface area contributed by atoms with Gasteiger partial charge < -0.3 is 20.1 Å². The standard InChI is InChI=1S/C20H14N4O3S/c25-20(23-14-6-7-16-17(10-14)27-11-26-16)22-13-4-1-3-12(9-13)18-24-15-5-2-8-21-19(15)28-18/h1-10H,11H2,(H2,22,23,25). The van der Waals surface area contributed by atoms with E-state index >= 15 is 0 Å². The number of carbonyl (C=O) groups excluding carboxylic acids is 1. The lowest BCUT2D eigenvalue weighted by molar-refractivity contribution is 0.174. The fraction of sp³-hybridized carbons (Fsp3) is 0.0500. The summed E-state index contributed by atoms with van der Waals surface area (Å²) in [6.07, 6.45) is 1.75. The van der Waals surface area contributed by atoms with Gasteiger partial charge in [-0.1, -0.05) is 23.5 Å². The van der Waals surface area contributed by atoms with Crippen LogP contribution < -0.4 is 20.1 Å². The van der Waals surface area contributed by atoms with Crippen molar-refractivity contribution >= 4 is 39.1 Å². The van der Waals surface area contributed by atoms with Crippen molar-refractivity contribution in [1.29, 1.82) is 0 Å². The van der Waals surface area contributed by atoms with Gasteiger partial charge in [0.15, 0.2) is 11.5 Å². The average Bonchev–Trinajstić information content (AvgIpc) is 3.34. The van der Waals surface area contributed by atoms with Crippen molar-refractivity contribution in [2.24, 2.45) is 0 Å². The van der Waals surface area contributed by atoms with Crippen molar-refractivity contribution in [3.8, 4) is 22.1 Å². The first-order chi connectivity index (χ1) is 13.7. The second-order valence-electron chi connectivity index (χ2n) is 6.07. The number of amides is 2. The Hall–Kier alpha value is -3.65. The quantitative estimate of drug-likeness (QED) is 0.528. The molecule has 0 radical (unpaired) electrons. The summed E-state index contributed by atoms with van der Waals surface area (Å²) in [5, 5.41) is 6.49. The number of benzene rings is 2. The monoisotopic (exact) mass is 390 g/mol. The molecule has 1 aliphatic rings. The highest BCUT2D eigenvalue weighted by molar-refractivity contribution is 7.21. The highest BCUT2D eigenvalue weighted by atomic mass is 32.1. The molecule has 0 aliphatic carbocycles. The molecule has 2 N–H and O–H groups in total. The van der Waals surface area contributed by atoms with Crippen molar-refractivity contribution in [2.75, 3.05) is 17.4 Å². The van der Waals surface area contributed by atoms with Gasteiger partial charge in [-0.15, -0.1) is 0 Å². The minimum absolute atomic E-state index is 0.194. The molecule has 0 saturated heterocycles. The van der Waals surface area contributed by atoms with Gasteiger partial charge in [-0.25, -0.2) is 14.8 Å². The van der Waals surface area contributed by atoms with Crippen LogP contribution in [-0.2, 0) is 0 Å². The van der Waals surface area contributed by atoms with E-state index in [1.807, 2.05) is 36.4 Å². The van der Waals surface area contributed by atoms with E-state index < -0.39 is 0 Å². The molecule has 0 fully saturated rings. The Morgan fingerprint density at radius 1 is 0.964 bits per heavy atom. The predicted molar refractivity (Wildman–Crippen MR) is 108 cm³/mol. The molecular weight excluding hydrogens is 376 g/mol. The fourth-order valence-corrected chi connectivity index (χ4v) is 3.79. The Kier molecular flexibility index (Phi) is 4.02. The van der Waals surface area contributed by atoms with Crippen molar-refractivity contribution < 1.29 is 14.3 Å². The number of rotatable bonds is 3. The lowest BCUT2D eigenvalue weighted by Crippen LogP contribution is -2.19. The van der Waals surface area contributed by atoms with E-state index in [0.717, 1.165) is 20.9 Å². The third kappa shape index (κ3) is 3.21. The molecule has 138 valence electrons. The lowest BCUT2D eigenvalue weighted by atomic mass is 10.2. The Morgan fingerprint density at radius 3 is 2.71 bits per heavy atom. The van der Waals surface area contributed by atoms with Crippen molar-refractivity contribution in [3.63, 3.8) is 0 Å². The van der Waals surface area contributed by atoms with E-state index in [1.54, 1.807) is 24.4 Å². The van der Waals surface area contributed by atoms with Gasteiger partial charge in [-0.3, -0.25) is 0 Å². The summed E-state index contributed by atoms with van der Waals surface area (Å²) in [4.78, 5) is 22.2. The molecule has 3 heterocycles. The van der Waals surface area contributed by atoms with Crippen LogP contribution in [0.15, 0.2) is 60.8 Å². The Bertz CT molecular complexity index is 1160. The van der Waals surface area contributed by atoms with E-state index in [0.29, 0.717) is 22.9 Å². The largest absolute Gasteiger partial charge is 0.454 e. The predicted octanol–water partition coefficient (Wildman–Crippen LogP) is 4.73. The number of thiazole rings is 1. The maximum absolute atomic E-state index is 12.4. The Labute approximate surface area is 164 Å². The summed E-state index contributed by atoms with van der Waals surface area (Å²) >= 11 is 1.52. The molecule has 7 nitrogen and oxygen atoms in total. The van der Waals surface area contributed by atoms with Gasteiger partial charge in [0.05, 0.1) is 0 Å². The Balaban J connectivity index is 1.32. The molecule has 2 aromatic carbocycles. The number of carbonyl (C=O) groups is 1. The third-order valence-electron chi connectivity index (χ3n) is 4.16. The molecule has 2 amide bonds. The van der Waals surface area contributed by atoms with Crippen LogP contribution in [0, 0.1) is 0 Å². The molecular formula is C20H14N4O3S. The average molecular weight is 390 g/mol. The van der Waals surface area contributed by atoms with Gasteiger partial charge >= 0.3 is 6.03 Å². The summed E-state index contributed by atoms with van der Waals surface area (Å²) in [6.45, 7) is 0.194. The highest BCUT2D eigenvalue weighted by Crippen LogP contribution is 2.34. The molecule has 2 aromatic heterocycles. The van der Waals surface area contributed by atoms with Gasteiger partial charge in [0, 0.05) is 29.2 Å². The summed E-state index contributed by atoms with van der Waals surface area (Å²) in [5.74, 6) is 1.29. The summed E-state index contributed by atoms with van der Waals surface area (Å²) in [7, 11) is 0. The second kappa shape index (κ2) is 6.82. The van der Waals surface area contributed by atoms with E-state index in [9.17, 15) is 4.79 Å². The first-order valence-corrected chi connectivity index (χ1v) is 9.36. The number of urea groups is 1. The van der Waals surface area contributed by atoms with E-state index in [-0.39, 0.29) is 12.8 Å². The lowest BCUT2D eigenvalue weighted by Gasteiger charge is -2.09. The normalized spacial score (nSPS) is 12.1. The van der Waals surface area contributed by atoms with Crippen molar-refractivity contribution in [3.05, 3.63) is 60.8 Å². The number of aromatic nitrogens is 2. The van der Waals surface area contributed by atoms with Crippen LogP contribution in [0.3, 0.4) is 0 Å². The maximum atomic E-state index is 12.4. The molecule has 0 unspecified atom stereocenters. The van der Waals surface area contributed by atoms with Crippen LogP contribution in [0.2, 0.25) is 0 Å². The van der Waals surface area contributed by atoms with Gasteiger partial charge in [-0.05, 0) is 36.4 Å². The number of hydrogen-bond acceptors (Lipinski definition) is 6. The maximum Gasteiger partial charge on any atom is 0.323 e. The summed E-state index contributed by atoms with van der Waals surface area (Å²) in [5.41, 5.74) is 3.07. The summed E-state index contributed by atoms with van der Waals surface area (Å²) < 4.78 is 10.6. The minimum Gasteiger partial charge on any atom is -0.454 e. The van der Waals surface area contributed by atoms with E-state index in [1.165, 1.54) is 11.3 Å². The fourth-order valence-electron chi connectivity index (χ4n) is 2.89. The third-order valence-corrected chi connectivity index (χ3v) is 5.19. The SMILES string of the molecule is O=C(Nc1cccc(-c2nc3cccnc3s2)c1)Nc1ccc2c(c1)OCO2. The molecule has 0 bridgehead atoms. The van der Waals surface area contributed by atoms with E-state index in [4.69, 9.17) is 9.47 Å². The zero-order valence-electron chi connectivity index (χ0n) is 14.5. The molecule has 0 saturated carbocycles. The zero-order chi connectivity index (χ0) is 18.9. The minimum atomic E-state index is -0.345. The smallest absolute Gasteiger partial charge is 0.323 e. The van der Waals surface area contributed by atoms with Crippen molar-refractivity contribution in [1.82, 2.24) is 9.97 Å². The molecule has 8 heteroatoms. The second-order valence-corrected chi connectivity index (χ2v) is 7.05. The van der Waals surface area contributed by atoms with Crippen LogP contribution in [0.1, 0.15) is 0 Å². The number of pyridine rings is 1. The van der Waals surface area contributed by atoms with Gasteiger partial charge in [0.25, 0.3) is 0 Å². The first-order valence-electron chi connectivity index (χ1n) is 8.54. The molecule has 0 atom stereocenters. The van der Waals surface area contributed by atoms with Gasteiger partial charge in [0.1, 0.15) is 15.4 Å². The van der Waals surface area contributed by atoms with Crippen LogP contribution in [-0.4, -0.2) is 22.8 Å². The number of nitrogens with zero attached hydrogens (tertiary/aromatic N) is 2. The zero-order valence-corrected chi connectivity index (χ0v) is 15.3. The summed E-state index contributed by atoms with van der Waals surface area (Å²) in [6, 6.07) is 16.3. The molecule has 1 aliphatic heterocycles. The van der Waals surface area contributed by atoms with E-state index in [2.05, 4.69) is 20.6 Å². The molecule has 4 aromatic rings. The van der Waals surface area contributed by atoms with Crippen LogP contribution in [0.5, 0.6) is 11.5 Å². The molecule has 0 spiro atoms.